The molecule has 0 aromatic heterocycles. The molecule has 4 aromatic rings. The second-order valence-electron chi connectivity index (χ2n) is 14.7. The van der Waals surface area contributed by atoms with Gasteiger partial charge in [0.05, 0.1) is 10.8 Å². The molecule has 2 atom stereocenters. The molecule has 4 aromatic carbocycles. The van der Waals surface area contributed by atoms with E-state index in [0.717, 1.165) is 11.1 Å². The summed E-state index contributed by atoms with van der Waals surface area (Å²) in [5.74, 6) is 0.0739. The van der Waals surface area contributed by atoms with E-state index >= 15 is 4.79 Å². The molecule has 1 heteroatoms. The minimum atomic E-state index is -0.771. The van der Waals surface area contributed by atoms with Gasteiger partial charge in [-0.05, 0) is 113 Å². The van der Waals surface area contributed by atoms with Crippen LogP contribution in [0.4, 0.5) is 0 Å². The number of allylic oxidation sites excluding steroid dienone is 20. The third-order valence-corrected chi connectivity index (χ3v) is 12.5. The summed E-state index contributed by atoms with van der Waals surface area (Å²) in [7, 11) is 0. The number of ketones is 1. The van der Waals surface area contributed by atoms with Crippen LogP contribution in [0.1, 0.15) is 44.5 Å². The fourth-order valence-corrected chi connectivity index (χ4v) is 10.2. The molecule has 0 aliphatic heterocycles. The van der Waals surface area contributed by atoms with Crippen LogP contribution in [-0.2, 0) is 4.79 Å². The first-order valence-electron chi connectivity index (χ1n) is 18.1. The molecule has 0 N–H and O–H groups in total. The number of hydrogen-bond donors (Lipinski definition) is 0. The highest BCUT2D eigenvalue weighted by molar-refractivity contribution is 6.21. The van der Waals surface area contributed by atoms with Crippen LogP contribution in [0.3, 0.4) is 0 Å². The van der Waals surface area contributed by atoms with Gasteiger partial charge in [0, 0.05) is 11.1 Å². The van der Waals surface area contributed by atoms with Gasteiger partial charge in [0.15, 0.2) is 5.78 Å². The fourth-order valence-electron chi connectivity index (χ4n) is 10.2. The molecule has 240 valence electrons. The van der Waals surface area contributed by atoms with Crippen LogP contribution in [0.2, 0.25) is 0 Å². The third kappa shape index (κ3) is 3.32. The van der Waals surface area contributed by atoms with Gasteiger partial charge >= 0.3 is 0 Å². The zero-order chi connectivity index (χ0) is 34.2. The van der Waals surface area contributed by atoms with E-state index in [-0.39, 0.29) is 5.78 Å². The fraction of sp³-hybridized carbons (Fsp3) is 0.0392. The number of rotatable bonds is 2. The van der Waals surface area contributed by atoms with Gasteiger partial charge < -0.3 is 0 Å². The first kappa shape index (κ1) is 28.2. The maximum atomic E-state index is 16.1. The van der Waals surface area contributed by atoms with Gasteiger partial charge in [-0.2, -0.15) is 0 Å². The van der Waals surface area contributed by atoms with Gasteiger partial charge in [-0.15, -0.1) is 0 Å². The molecule has 0 radical (unpaired) electrons. The lowest BCUT2D eigenvalue weighted by Gasteiger charge is -2.45. The number of Topliss-reactive ketones (excluding diaryl/α,β-unsaturated/α-hetero) is 1. The smallest absolute Gasteiger partial charge is 0.188 e. The number of carbonyl (C=O) groups is 1. The lowest BCUT2D eigenvalue weighted by atomic mass is 9.56. The predicted molar refractivity (Wildman–Crippen MR) is 214 cm³/mol. The molecule has 52 heavy (non-hydrogen) atoms. The first-order chi connectivity index (χ1) is 25.7. The Bertz CT molecular complexity index is 2600. The molecule has 0 bridgehead atoms. The van der Waals surface area contributed by atoms with E-state index in [1.165, 1.54) is 89.1 Å². The number of benzene rings is 4. The van der Waals surface area contributed by atoms with E-state index in [1.807, 2.05) is 0 Å². The van der Waals surface area contributed by atoms with Crippen LogP contribution in [0, 0.1) is 10.8 Å². The van der Waals surface area contributed by atoms with Crippen LogP contribution in [0.15, 0.2) is 191 Å². The molecule has 2 spiro atoms. The normalized spacial score (nSPS) is 24.2. The second kappa shape index (κ2) is 9.81. The molecule has 8 aliphatic carbocycles. The molecule has 1 nitrogen and oxygen atoms in total. The Morgan fingerprint density at radius 2 is 0.673 bits per heavy atom. The van der Waals surface area contributed by atoms with Crippen LogP contribution < -0.4 is 0 Å². The Balaban J connectivity index is 1.11. The van der Waals surface area contributed by atoms with Crippen LogP contribution in [0.5, 0.6) is 0 Å². The minimum Gasteiger partial charge on any atom is -0.289 e. The summed E-state index contributed by atoms with van der Waals surface area (Å²) in [6.45, 7) is 0. The molecule has 0 saturated carbocycles. The zero-order valence-corrected chi connectivity index (χ0v) is 28.2. The number of hydrogen-bond acceptors (Lipinski definition) is 1. The lowest BCUT2D eigenvalue weighted by molar-refractivity contribution is -0.113. The number of carbonyl (C=O) groups excluding carboxylic acids is 1. The Hall–Kier alpha value is -6.57. The van der Waals surface area contributed by atoms with Crippen molar-refractivity contribution >= 4 is 52.4 Å². The summed E-state index contributed by atoms with van der Waals surface area (Å²) in [5, 5.41) is 0. The minimum absolute atomic E-state index is 0.0739. The van der Waals surface area contributed by atoms with Gasteiger partial charge in [0.1, 0.15) is 0 Å². The lowest BCUT2D eigenvalue weighted by Crippen LogP contribution is -2.39. The summed E-state index contributed by atoms with van der Waals surface area (Å²) in [6.07, 6.45) is 31.4. The van der Waals surface area contributed by atoms with Crippen molar-refractivity contribution in [3.63, 3.8) is 0 Å². The summed E-state index contributed by atoms with van der Waals surface area (Å²) < 4.78 is 0. The number of fused-ring (bicyclic) bond motifs is 16. The summed E-state index contributed by atoms with van der Waals surface area (Å²) >= 11 is 0. The molecular weight excluding hydrogens is 629 g/mol. The molecule has 2 unspecified atom stereocenters. The van der Waals surface area contributed by atoms with E-state index < -0.39 is 10.8 Å². The Kier molecular flexibility index (Phi) is 5.31. The van der Waals surface area contributed by atoms with Crippen molar-refractivity contribution in [2.75, 3.05) is 0 Å². The monoisotopic (exact) mass is 658 g/mol. The Morgan fingerprint density at radius 1 is 0.365 bits per heavy atom. The van der Waals surface area contributed by atoms with Crippen LogP contribution >= 0.6 is 0 Å². The quantitative estimate of drug-likeness (QED) is 0.209. The topological polar surface area (TPSA) is 17.1 Å². The standard InChI is InChI=1S/C51H30O/c52-49(43-23-21-41-37-17-7-3-13-33(37)29-47(41)50(43)25-9-19-39-35-15-5-1-11-31(35)27-45(39)50)44-24-22-42-38-18-8-4-14-34(38)30-48(42)51(44)26-10-20-40-36-16-6-2-12-32(36)28-46(40)51/h1-30H. The molecular formula is C51H30O. The second-order valence-corrected chi connectivity index (χ2v) is 14.7. The van der Waals surface area contributed by atoms with E-state index in [2.05, 4.69) is 182 Å². The maximum Gasteiger partial charge on any atom is 0.188 e. The Labute approximate surface area is 302 Å². The third-order valence-electron chi connectivity index (χ3n) is 12.5. The van der Waals surface area contributed by atoms with E-state index in [0.29, 0.717) is 0 Å². The highest BCUT2D eigenvalue weighted by atomic mass is 16.1. The van der Waals surface area contributed by atoms with Crippen molar-refractivity contribution in [2.45, 2.75) is 0 Å². The average molecular weight is 659 g/mol. The van der Waals surface area contributed by atoms with Crippen molar-refractivity contribution in [1.29, 1.82) is 0 Å². The highest BCUT2D eigenvalue weighted by Crippen LogP contribution is 2.65. The van der Waals surface area contributed by atoms with Gasteiger partial charge in [0.2, 0.25) is 0 Å². The van der Waals surface area contributed by atoms with Gasteiger partial charge in [-0.3, -0.25) is 4.79 Å². The highest BCUT2D eigenvalue weighted by Gasteiger charge is 2.55. The van der Waals surface area contributed by atoms with Gasteiger partial charge in [0.25, 0.3) is 0 Å². The van der Waals surface area contributed by atoms with Crippen molar-refractivity contribution < 1.29 is 4.79 Å². The molecule has 12 rings (SSSR count). The summed E-state index contributed by atoms with van der Waals surface area (Å²) in [5.41, 5.74) is 19.1. The average Bonchev–Trinajstić information content (AvgIpc) is 3.97. The van der Waals surface area contributed by atoms with Gasteiger partial charge in [-0.25, -0.2) is 0 Å². The molecule has 0 heterocycles. The van der Waals surface area contributed by atoms with Crippen LogP contribution in [0.25, 0.3) is 46.6 Å². The largest absolute Gasteiger partial charge is 0.289 e. The molecule has 0 saturated heterocycles. The SMILES string of the molecule is O=C(C1=CC=C2C(=Cc3ccccc32)C12C=CC=C1C2=Cc2ccccc21)C1=CC=C2C(=Cc3ccccc32)C12C=CC=C1C2=Cc2ccccc21. The molecule has 8 aliphatic rings. The summed E-state index contributed by atoms with van der Waals surface area (Å²) in [4.78, 5) is 16.1. The Morgan fingerprint density at radius 3 is 1.02 bits per heavy atom. The van der Waals surface area contributed by atoms with E-state index in [4.69, 9.17) is 0 Å². The van der Waals surface area contributed by atoms with E-state index in [9.17, 15) is 0 Å². The van der Waals surface area contributed by atoms with Crippen molar-refractivity contribution in [1.82, 2.24) is 0 Å². The maximum absolute atomic E-state index is 16.1. The zero-order valence-electron chi connectivity index (χ0n) is 28.2. The van der Waals surface area contributed by atoms with Crippen molar-refractivity contribution in [2.24, 2.45) is 10.8 Å². The predicted octanol–water partition coefficient (Wildman–Crippen LogP) is 11.5. The molecule has 0 fully saturated rings. The first-order valence-corrected chi connectivity index (χ1v) is 18.1. The van der Waals surface area contributed by atoms with Gasteiger partial charge in [-0.1, -0.05) is 158 Å². The van der Waals surface area contributed by atoms with Crippen LogP contribution in [-0.4, -0.2) is 5.78 Å². The summed E-state index contributed by atoms with van der Waals surface area (Å²) in [6, 6.07) is 34.5. The van der Waals surface area contributed by atoms with Crippen molar-refractivity contribution in [3.05, 3.63) is 236 Å². The van der Waals surface area contributed by atoms with Crippen molar-refractivity contribution in [3.8, 4) is 0 Å². The molecule has 0 amide bonds. The van der Waals surface area contributed by atoms with E-state index in [1.54, 1.807) is 0 Å².